The second-order valence-electron chi connectivity index (χ2n) is 17.7. The van der Waals surface area contributed by atoms with Crippen LogP contribution >= 0.6 is 0 Å². The fourth-order valence-electron chi connectivity index (χ4n) is 8.17. The summed E-state index contributed by atoms with van der Waals surface area (Å²) in [5, 5.41) is 0. The number of nitrogens with zero attached hydrogens (tertiary/aromatic N) is 4. The number of pyridine rings is 4. The highest BCUT2D eigenvalue weighted by atomic mass is 14.9. The van der Waals surface area contributed by atoms with Crippen LogP contribution in [-0.2, 0) is 41.0 Å². The van der Waals surface area contributed by atoms with E-state index in [4.69, 9.17) is 0 Å². The van der Waals surface area contributed by atoms with Crippen molar-refractivity contribution >= 4 is 0 Å². The molecular formula is C60H72N4+4. The van der Waals surface area contributed by atoms with Gasteiger partial charge in [0.25, 0.3) is 0 Å². The second kappa shape index (κ2) is 23.2. The van der Waals surface area contributed by atoms with Gasteiger partial charge in [-0.05, 0) is 142 Å². The molecular weight excluding hydrogens is 777 g/mol. The van der Waals surface area contributed by atoms with Gasteiger partial charge in [-0.3, -0.25) is 0 Å². The summed E-state index contributed by atoms with van der Waals surface area (Å²) in [4.78, 5) is 0. The SMILES string of the molecule is CCc1ccc(-c2cccc[n+]2C)c(C)c1.Cc1cc(CC(C)C)ccc1-c1cccc[n+]1C.Cc1ccc(-c2cccc[n+]2C)c(C)c1.Cc1ccc(C)c(-c2cccc[n+]2C)c1. The third-order valence-corrected chi connectivity index (χ3v) is 11.7. The molecule has 4 heteroatoms. The molecule has 4 aromatic heterocycles. The minimum Gasteiger partial charge on any atom is -0.201 e. The van der Waals surface area contributed by atoms with Crippen LogP contribution < -0.4 is 18.3 Å². The first-order chi connectivity index (χ1) is 30.7. The first-order valence-electron chi connectivity index (χ1n) is 22.8. The van der Waals surface area contributed by atoms with E-state index >= 15 is 0 Å². The summed E-state index contributed by atoms with van der Waals surface area (Å²) >= 11 is 0. The zero-order valence-electron chi connectivity index (χ0n) is 40.9. The van der Waals surface area contributed by atoms with E-state index < -0.39 is 0 Å². The van der Waals surface area contributed by atoms with Crippen molar-refractivity contribution in [1.29, 1.82) is 0 Å². The maximum atomic E-state index is 2.32. The number of rotatable bonds is 7. The Balaban J connectivity index is 0.000000161. The number of hydrogen-bond donors (Lipinski definition) is 0. The Hall–Kier alpha value is -6.52. The average Bonchev–Trinajstić information content (AvgIpc) is 3.26. The van der Waals surface area contributed by atoms with Gasteiger partial charge in [-0.1, -0.05) is 80.4 Å². The normalized spacial score (nSPS) is 10.5. The first-order valence-corrected chi connectivity index (χ1v) is 22.8. The molecule has 0 saturated heterocycles. The lowest BCUT2D eigenvalue weighted by Crippen LogP contribution is -2.30. The number of hydrogen-bond acceptors (Lipinski definition) is 0. The molecule has 4 aromatic carbocycles. The zero-order valence-corrected chi connectivity index (χ0v) is 40.9. The van der Waals surface area contributed by atoms with Gasteiger partial charge >= 0.3 is 0 Å². The molecule has 64 heavy (non-hydrogen) atoms. The minimum absolute atomic E-state index is 0.711. The molecule has 8 rings (SSSR count). The van der Waals surface area contributed by atoms with Gasteiger partial charge < -0.3 is 0 Å². The van der Waals surface area contributed by atoms with Gasteiger partial charge in [0.2, 0.25) is 22.8 Å². The van der Waals surface area contributed by atoms with Crippen molar-refractivity contribution in [3.8, 4) is 45.0 Å². The van der Waals surface area contributed by atoms with Crippen LogP contribution in [0, 0.1) is 47.5 Å². The predicted molar refractivity (Wildman–Crippen MR) is 269 cm³/mol. The number of benzene rings is 4. The molecule has 0 spiro atoms. The van der Waals surface area contributed by atoms with E-state index in [9.17, 15) is 0 Å². The average molecular weight is 849 g/mol. The molecule has 328 valence electrons. The van der Waals surface area contributed by atoms with Crippen LogP contribution in [0.3, 0.4) is 0 Å². The van der Waals surface area contributed by atoms with E-state index in [1.54, 1.807) is 0 Å². The van der Waals surface area contributed by atoms with Crippen molar-refractivity contribution in [3.63, 3.8) is 0 Å². The van der Waals surface area contributed by atoms with Gasteiger partial charge in [0.1, 0.15) is 28.2 Å². The monoisotopic (exact) mass is 849 g/mol. The highest BCUT2D eigenvalue weighted by Gasteiger charge is 2.14. The Morgan fingerprint density at radius 2 is 0.719 bits per heavy atom. The maximum Gasteiger partial charge on any atom is 0.212 e. The molecule has 4 nitrogen and oxygen atoms in total. The first kappa shape index (κ1) is 48.5. The van der Waals surface area contributed by atoms with Crippen molar-refractivity contribution in [2.45, 2.75) is 75.2 Å². The van der Waals surface area contributed by atoms with Gasteiger partial charge in [0.15, 0.2) is 24.8 Å². The third kappa shape index (κ3) is 13.3. The van der Waals surface area contributed by atoms with Crippen molar-refractivity contribution < 1.29 is 18.3 Å². The van der Waals surface area contributed by atoms with Gasteiger partial charge in [-0.2, -0.15) is 0 Å². The Labute approximate surface area is 385 Å². The van der Waals surface area contributed by atoms with Crippen LogP contribution in [-0.4, -0.2) is 0 Å². The van der Waals surface area contributed by atoms with E-state index in [0.717, 1.165) is 12.8 Å². The smallest absolute Gasteiger partial charge is 0.201 e. The highest BCUT2D eigenvalue weighted by molar-refractivity contribution is 5.64. The molecule has 0 saturated carbocycles. The number of aryl methyl sites for hydroxylation is 11. The van der Waals surface area contributed by atoms with Crippen molar-refractivity contribution in [2.24, 2.45) is 34.1 Å². The molecule has 0 bridgehead atoms. The summed E-state index contributed by atoms with van der Waals surface area (Å²) < 4.78 is 8.64. The van der Waals surface area contributed by atoms with Crippen molar-refractivity contribution in [2.75, 3.05) is 0 Å². The van der Waals surface area contributed by atoms with Crippen LogP contribution in [0.15, 0.2) is 170 Å². The Morgan fingerprint density at radius 3 is 1.11 bits per heavy atom. The summed E-state index contributed by atoms with van der Waals surface area (Å²) in [6, 6.07) is 51.9. The van der Waals surface area contributed by atoms with Gasteiger partial charge in [-0.15, -0.1) is 0 Å². The summed E-state index contributed by atoms with van der Waals surface area (Å²) in [5.41, 5.74) is 21.1. The number of aromatic nitrogens is 4. The largest absolute Gasteiger partial charge is 0.212 e. The molecule has 0 N–H and O–H groups in total. The molecule has 0 aliphatic carbocycles. The van der Waals surface area contributed by atoms with Gasteiger partial charge in [0.05, 0.1) is 0 Å². The molecule has 0 atom stereocenters. The summed E-state index contributed by atoms with van der Waals surface area (Å²) in [7, 11) is 8.34. The molecule has 0 radical (unpaired) electrons. The van der Waals surface area contributed by atoms with E-state index in [0.29, 0.717) is 5.92 Å². The fraction of sp³-hybridized carbons (Fsp3) is 0.267. The van der Waals surface area contributed by atoms with Crippen LogP contribution in [0.4, 0.5) is 0 Å². The molecule has 8 aromatic rings. The lowest BCUT2D eigenvalue weighted by molar-refractivity contribution is -0.660. The van der Waals surface area contributed by atoms with Crippen molar-refractivity contribution in [1.82, 2.24) is 0 Å². The summed E-state index contributed by atoms with van der Waals surface area (Å²) in [5.74, 6) is 0.711. The van der Waals surface area contributed by atoms with Crippen LogP contribution in [0.1, 0.15) is 65.3 Å². The van der Waals surface area contributed by atoms with Gasteiger partial charge in [0, 0.05) is 70.8 Å². The van der Waals surface area contributed by atoms with E-state index in [2.05, 4.69) is 273 Å². The molecule has 0 unspecified atom stereocenters. The fourth-order valence-corrected chi connectivity index (χ4v) is 8.17. The molecule has 0 aliphatic rings. The van der Waals surface area contributed by atoms with E-state index in [1.165, 1.54) is 89.5 Å². The topological polar surface area (TPSA) is 15.5 Å². The van der Waals surface area contributed by atoms with Crippen LogP contribution in [0.2, 0.25) is 0 Å². The van der Waals surface area contributed by atoms with Gasteiger partial charge in [-0.25, -0.2) is 18.3 Å². The minimum atomic E-state index is 0.711. The van der Waals surface area contributed by atoms with Crippen LogP contribution in [0.5, 0.6) is 0 Å². The van der Waals surface area contributed by atoms with E-state index in [-0.39, 0.29) is 0 Å². The Bertz CT molecular complexity index is 2780. The predicted octanol–water partition coefficient (Wildman–Crippen LogP) is 12.3. The maximum absolute atomic E-state index is 2.32. The Kier molecular flexibility index (Phi) is 17.6. The molecule has 0 fully saturated rings. The Morgan fingerprint density at radius 1 is 0.359 bits per heavy atom. The molecule has 0 aliphatic heterocycles. The third-order valence-electron chi connectivity index (χ3n) is 11.7. The molecule has 0 amide bonds. The lowest BCUT2D eigenvalue weighted by atomic mass is 9.97. The highest BCUT2D eigenvalue weighted by Crippen LogP contribution is 2.25. The lowest BCUT2D eigenvalue weighted by Gasteiger charge is -2.09. The summed E-state index contributed by atoms with van der Waals surface area (Å²) in [6.45, 7) is 19.7. The molecule has 4 heterocycles. The van der Waals surface area contributed by atoms with E-state index in [1.807, 2.05) is 6.07 Å². The van der Waals surface area contributed by atoms with Crippen LogP contribution in [0.25, 0.3) is 45.0 Å². The second-order valence-corrected chi connectivity index (χ2v) is 17.7. The van der Waals surface area contributed by atoms with Crippen molar-refractivity contribution in [3.05, 3.63) is 215 Å². The quantitative estimate of drug-likeness (QED) is 0.142. The zero-order chi connectivity index (χ0) is 46.3. The summed E-state index contributed by atoms with van der Waals surface area (Å²) in [6.07, 6.45) is 10.6. The standard InChI is InChI=1S/C17H22N.C15H18N.2C14H16N/c1-13(2)11-15-8-9-16(14(3)12-15)17-7-5-6-10-18(17)4;1-4-13-8-9-14(12(2)11-13)15-7-5-6-10-16(15)3;1-11-7-8-13(12(2)10-11)14-6-4-5-9-15(14)3;1-11-7-8-12(2)13(10-11)14-6-4-5-9-15(14)3/h5-10,12-13H,11H2,1-4H3;5-11H,4H2,1-3H3;2*4-10H,1-3H3/q4*+1.